The van der Waals surface area contributed by atoms with Crippen molar-refractivity contribution in [1.82, 2.24) is 10.2 Å². The molecule has 0 aromatic rings. The Balaban J connectivity index is 2.05. The van der Waals surface area contributed by atoms with Crippen LogP contribution in [0.1, 0.15) is 27.2 Å². The number of carbonyl (C=O) groups is 1. The Kier molecular flexibility index (Phi) is 4.05. The molecule has 0 saturated carbocycles. The molecule has 0 spiro atoms. The van der Waals surface area contributed by atoms with E-state index in [0.29, 0.717) is 30.5 Å². The largest absolute Gasteiger partial charge is 0.379 e. The molecule has 2 fully saturated rings. The Morgan fingerprint density at radius 2 is 2.00 bits per heavy atom. The van der Waals surface area contributed by atoms with Gasteiger partial charge in [0.2, 0.25) is 5.91 Å². The lowest BCUT2D eigenvalue weighted by molar-refractivity contribution is -0.143. The fourth-order valence-electron chi connectivity index (χ4n) is 2.39. The molecule has 0 aromatic carbocycles. The molecule has 98 valence electrons. The summed E-state index contributed by atoms with van der Waals surface area (Å²) in [5.41, 5.74) is 0. The van der Waals surface area contributed by atoms with Crippen LogP contribution in [-0.2, 0) is 9.53 Å². The average molecular weight is 240 g/mol. The highest BCUT2D eigenvalue weighted by atomic mass is 16.5. The molecule has 0 aliphatic carbocycles. The van der Waals surface area contributed by atoms with Gasteiger partial charge in [-0.3, -0.25) is 4.79 Å². The molecule has 2 atom stereocenters. The maximum absolute atomic E-state index is 12.5. The van der Waals surface area contributed by atoms with Crippen molar-refractivity contribution in [3.8, 4) is 0 Å². The van der Waals surface area contributed by atoms with Crippen LogP contribution in [0, 0.1) is 11.8 Å². The molecule has 0 bridgehead atoms. The monoisotopic (exact) mass is 240 g/mol. The summed E-state index contributed by atoms with van der Waals surface area (Å²) in [5, 5.41) is 3.25. The Bertz CT molecular complexity index is 271. The number of nitrogens with zero attached hydrogens (tertiary/aromatic N) is 1. The lowest BCUT2D eigenvalue weighted by atomic mass is 9.94. The fraction of sp³-hybridized carbons (Fsp3) is 0.923. The van der Waals surface area contributed by atoms with E-state index < -0.39 is 0 Å². The van der Waals surface area contributed by atoms with Gasteiger partial charge >= 0.3 is 0 Å². The molecule has 2 aliphatic rings. The molecule has 0 radical (unpaired) electrons. The third-order valence-corrected chi connectivity index (χ3v) is 4.10. The van der Waals surface area contributed by atoms with Gasteiger partial charge in [0.25, 0.3) is 0 Å². The zero-order chi connectivity index (χ0) is 12.4. The van der Waals surface area contributed by atoms with Gasteiger partial charge in [-0.05, 0) is 12.3 Å². The van der Waals surface area contributed by atoms with Crippen LogP contribution in [0.5, 0.6) is 0 Å². The average Bonchev–Trinajstić information content (AvgIpc) is 2.73. The predicted molar refractivity (Wildman–Crippen MR) is 66.7 cm³/mol. The minimum atomic E-state index is 0.108. The second kappa shape index (κ2) is 5.36. The van der Waals surface area contributed by atoms with E-state index >= 15 is 0 Å². The van der Waals surface area contributed by atoms with Gasteiger partial charge in [0.1, 0.15) is 0 Å². The summed E-state index contributed by atoms with van der Waals surface area (Å²) in [6, 6.07) is 0.686. The molecule has 1 amide bonds. The molecule has 17 heavy (non-hydrogen) atoms. The Labute approximate surface area is 104 Å². The molecule has 2 saturated heterocycles. The summed E-state index contributed by atoms with van der Waals surface area (Å²) in [5.74, 6) is 0.818. The lowest BCUT2D eigenvalue weighted by Gasteiger charge is -2.43. The maximum Gasteiger partial charge on any atom is 0.226 e. The van der Waals surface area contributed by atoms with E-state index in [2.05, 4.69) is 24.1 Å². The molecule has 2 rings (SSSR count). The van der Waals surface area contributed by atoms with Crippen LogP contribution in [0.4, 0.5) is 0 Å². The van der Waals surface area contributed by atoms with E-state index in [-0.39, 0.29) is 5.92 Å². The van der Waals surface area contributed by atoms with Crippen molar-refractivity contribution in [2.45, 2.75) is 39.3 Å². The zero-order valence-corrected chi connectivity index (χ0v) is 11.1. The Morgan fingerprint density at radius 3 is 2.41 bits per heavy atom. The summed E-state index contributed by atoms with van der Waals surface area (Å²) in [4.78, 5) is 14.7. The first-order chi connectivity index (χ1) is 8.11. The Morgan fingerprint density at radius 1 is 1.29 bits per heavy atom. The first-order valence-electron chi connectivity index (χ1n) is 6.72. The maximum atomic E-state index is 12.5. The van der Waals surface area contributed by atoms with Gasteiger partial charge in [0.05, 0.1) is 18.7 Å². The van der Waals surface area contributed by atoms with Crippen molar-refractivity contribution in [2.75, 3.05) is 26.3 Å². The second-order valence-corrected chi connectivity index (χ2v) is 5.61. The third-order valence-electron chi connectivity index (χ3n) is 4.10. The van der Waals surface area contributed by atoms with E-state index in [9.17, 15) is 4.79 Å². The molecular weight excluding hydrogens is 216 g/mol. The van der Waals surface area contributed by atoms with Crippen LogP contribution in [-0.4, -0.2) is 49.2 Å². The lowest BCUT2D eigenvalue weighted by Crippen LogP contribution is -2.63. The van der Waals surface area contributed by atoms with Gasteiger partial charge in [-0.1, -0.05) is 20.8 Å². The van der Waals surface area contributed by atoms with Gasteiger partial charge in [0, 0.05) is 25.6 Å². The summed E-state index contributed by atoms with van der Waals surface area (Å²) in [6.45, 7) is 9.66. The number of hydrogen-bond acceptors (Lipinski definition) is 3. The van der Waals surface area contributed by atoms with Crippen molar-refractivity contribution in [2.24, 2.45) is 11.8 Å². The number of carbonyl (C=O) groups excluding carboxylic acids is 1. The quantitative estimate of drug-likeness (QED) is 0.793. The highest BCUT2D eigenvalue weighted by Gasteiger charge is 2.38. The number of nitrogens with one attached hydrogen (secondary N) is 1. The van der Waals surface area contributed by atoms with Gasteiger partial charge in [-0.15, -0.1) is 0 Å². The molecule has 2 unspecified atom stereocenters. The van der Waals surface area contributed by atoms with Crippen molar-refractivity contribution < 1.29 is 9.53 Å². The van der Waals surface area contributed by atoms with E-state index in [1.54, 1.807) is 0 Å². The van der Waals surface area contributed by atoms with E-state index in [1.165, 1.54) is 0 Å². The highest BCUT2D eigenvalue weighted by Crippen LogP contribution is 2.23. The summed E-state index contributed by atoms with van der Waals surface area (Å²) >= 11 is 0. The van der Waals surface area contributed by atoms with Gasteiger partial charge in [-0.2, -0.15) is 0 Å². The van der Waals surface area contributed by atoms with E-state index in [1.807, 2.05) is 6.92 Å². The van der Waals surface area contributed by atoms with Crippen molar-refractivity contribution >= 4 is 5.91 Å². The van der Waals surface area contributed by atoms with Crippen molar-refractivity contribution in [1.29, 1.82) is 0 Å². The summed E-state index contributed by atoms with van der Waals surface area (Å²) in [6.07, 6.45) is 0.993. The number of ether oxygens (including phenoxy) is 1. The van der Waals surface area contributed by atoms with Gasteiger partial charge in [-0.25, -0.2) is 0 Å². The minimum Gasteiger partial charge on any atom is -0.379 e. The van der Waals surface area contributed by atoms with E-state index in [4.69, 9.17) is 4.74 Å². The SMILES string of the molecule is CC(C)C(C)C(=O)N(C1CNC1)C1CCOC1. The summed E-state index contributed by atoms with van der Waals surface area (Å²) in [7, 11) is 0. The van der Waals surface area contributed by atoms with Crippen molar-refractivity contribution in [3.63, 3.8) is 0 Å². The first kappa shape index (κ1) is 12.8. The fourth-order valence-corrected chi connectivity index (χ4v) is 2.39. The van der Waals surface area contributed by atoms with Crippen LogP contribution in [0.3, 0.4) is 0 Å². The van der Waals surface area contributed by atoms with Gasteiger partial charge in [0.15, 0.2) is 0 Å². The summed E-state index contributed by atoms with van der Waals surface area (Å²) < 4.78 is 5.43. The molecular formula is C13H24N2O2. The van der Waals surface area contributed by atoms with Crippen LogP contribution >= 0.6 is 0 Å². The first-order valence-corrected chi connectivity index (χ1v) is 6.72. The topological polar surface area (TPSA) is 41.6 Å². The van der Waals surface area contributed by atoms with E-state index in [0.717, 1.165) is 26.1 Å². The molecule has 4 heteroatoms. The minimum absolute atomic E-state index is 0.108. The molecule has 1 N–H and O–H groups in total. The molecule has 0 aromatic heterocycles. The van der Waals surface area contributed by atoms with Crippen LogP contribution in [0.2, 0.25) is 0 Å². The van der Waals surface area contributed by atoms with Gasteiger partial charge < -0.3 is 15.0 Å². The highest BCUT2D eigenvalue weighted by molar-refractivity contribution is 5.79. The molecule has 4 nitrogen and oxygen atoms in total. The number of hydrogen-bond donors (Lipinski definition) is 1. The normalized spacial score (nSPS) is 26.9. The van der Waals surface area contributed by atoms with Crippen LogP contribution in [0.25, 0.3) is 0 Å². The molecule has 2 heterocycles. The van der Waals surface area contributed by atoms with Crippen LogP contribution < -0.4 is 5.32 Å². The standard InChI is InChI=1S/C13H24N2O2/c1-9(2)10(3)13(16)15(12-6-14-7-12)11-4-5-17-8-11/h9-12,14H,4-8H2,1-3H3. The third kappa shape index (κ3) is 2.63. The smallest absolute Gasteiger partial charge is 0.226 e. The van der Waals surface area contributed by atoms with Crippen molar-refractivity contribution in [3.05, 3.63) is 0 Å². The Hall–Kier alpha value is -0.610. The van der Waals surface area contributed by atoms with Crippen LogP contribution in [0.15, 0.2) is 0 Å². The molecule has 2 aliphatic heterocycles. The number of amides is 1. The zero-order valence-electron chi connectivity index (χ0n) is 11.1. The predicted octanol–water partition coefficient (Wildman–Crippen LogP) is 0.868. The second-order valence-electron chi connectivity index (χ2n) is 5.61. The number of rotatable bonds is 4.